The largest absolute Gasteiger partial charge is 0.497 e. The molecule has 0 radical (unpaired) electrons. The van der Waals surface area contributed by atoms with E-state index < -0.39 is 11.7 Å². The Morgan fingerprint density at radius 3 is 2.34 bits per heavy atom. The van der Waals surface area contributed by atoms with Gasteiger partial charge in [0.2, 0.25) is 0 Å². The molecule has 1 aliphatic rings. The van der Waals surface area contributed by atoms with Crippen molar-refractivity contribution in [2.24, 2.45) is 0 Å². The number of nitrogens with zero attached hydrogens (tertiary/aromatic N) is 2. The highest BCUT2D eigenvalue weighted by molar-refractivity contribution is 6.06. The SMILES string of the molecule is COc1cccc(N(C(=O)c2ccc(C)cc2)C2CCN(Cc3ccccc3C(F)(F)F)CC2)c1. The van der Waals surface area contributed by atoms with Crippen LogP contribution in [0.15, 0.2) is 72.8 Å². The standard InChI is InChI=1S/C28H29F3N2O2/c1-20-10-12-21(13-11-20)27(34)33(24-7-5-8-25(18-24)35-2)23-14-16-32(17-15-23)19-22-6-3-4-9-26(22)28(29,30)31/h3-13,18,23H,14-17,19H2,1-2H3. The predicted molar refractivity (Wildman–Crippen MR) is 131 cm³/mol. The zero-order valence-corrected chi connectivity index (χ0v) is 19.9. The number of amides is 1. The molecule has 3 aromatic rings. The first-order valence-electron chi connectivity index (χ1n) is 11.7. The van der Waals surface area contributed by atoms with Crippen LogP contribution < -0.4 is 9.64 Å². The van der Waals surface area contributed by atoms with Gasteiger partial charge in [-0.2, -0.15) is 13.2 Å². The normalized spacial score (nSPS) is 15.1. The van der Waals surface area contributed by atoms with Crippen LogP contribution >= 0.6 is 0 Å². The number of piperidine rings is 1. The van der Waals surface area contributed by atoms with Gasteiger partial charge in [-0.15, -0.1) is 0 Å². The third-order valence-electron chi connectivity index (χ3n) is 6.49. The average Bonchev–Trinajstić information content (AvgIpc) is 2.85. The zero-order valence-electron chi connectivity index (χ0n) is 19.9. The van der Waals surface area contributed by atoms with Gasteiger partial charge in [0.05, 0.1) is 12.7 Å². The minimum absolute atomic E-state index is 0.0787. The van der Waals surface area contributed by atoms with E-state index in [0.717, 1.165) is 17.3 Å². The molecule has 0 bridgehead atoms. The van der Waals surface area contributed by atoms with Crippen molar-refractivity contribution in [1.29, 1.82) is 0 Å². The molecule has 0 saturated carbocycles. The van der Waals surface area contributed by atoms with Crippen LogP contribution in [0.4, 0.5) is 18.9 Å². The van der Waals surface area contributed by atoms with E-state index in [9.17, 15) is 18.0 Å². The van der Waals surface area contributed by atoms with Gasteiger partial charge in [0.1, 0.15) is 5.75 Å². The molecule has 184 valence electrons. The number of likely N-dealkylation sites (tertiary alicyclic amines) is 1. The lowest BCUT2D eigenvalue weighted by Gasteiger charge is -2.39. The second-order valence-corrected chi connectivity index (χ2v) is 8.90. The van der Waals surface area contributed by atoms with Crippen LogP contribution in [0.5, 0.6) is 5.75 Å². The van der Waals surface area contributed by atoms with E-state index >= 15 is 0 Å². The quantitative estimate of drug-likeness (QED) is 0.411. The van der Waals surface area contributed by atoms with Crippen molar-refractivity contribution in [3.63, 3.8) is 0 Å². The number of benzene rings is 3. The molecule has 1 fully saturated rings. The number of methoxy groups -OCH3 is 1. The van der Waals surface area contributed by atoms with Crippen LogP contribution in [0.25, 0.3) is 0 Å². The molecule has 0 aliphatic carbocycles. The fraction of sp³-hybridized carbons (Fsp3) is 0.321. The van der Waals surface area contributed by atoms with Crippen LogP contribution in [0, 0.1) is 6.92 Å². The van der Waals surface area contributed by atoms with Gasteiger partial charge in [0.25, 0.3) is 5.91 Å². The van der Waals surface area contributed by atoms with Crippen molar-refractivity contribution in [2.75, 3.05) is 25.1 Å². The molecular weight excluding hydrogens is 453 g/mol. The highest BCUT2D eigenvalue weighted by atomic mass is 19.4. The van der Waals surface area contributed by atoms with Crippen molar-refractivity contribution in [3.05, 3.63) is 95.1 Å². The van der Waals surface area contributed by atoms with E-state index in [1.54, 1.807) is 19.2 Å². The van der Waals surface area contributed by atoms with Gasteiger partial charge in [-0.1, -0.05) is 42.0 Å². The summed E-state index contributed by atoms with van der Waals surface area (Å²) in [5, 5.41) is 0. The van der Waals surface area contributed by atoms with Gasteiger partial charge in [-0.05, 0) is 55.7 Å². The molecule has 0 N–H and O–H groups in total. The molecule has 1 heterocycles. The molecule has 7 heteroatoms. The smallest absolute Gasteiger partial charge is 0.416 e. The molecule has 4 nitrogen and oxygen atoms in total. The molecule has 1 amide bonds. The number of halogens is 3. The van der Waals surface area contributed by atoms with Crippen LogP contribution in [0.3, 0.4) is 0 Å². The molecular formula is C28H29F3N2O2. The minimum Gasteiger partial charge on any atom is -0.497 e. The van der Waals surface area contributed by atoms with E-state index in [2.05, 4.69) is 0 Å². The second kappa shape index (κ2) is 10.5. The highest BCUT2D eigenvalue weighted by Gasteiger charge is 2.34. The number of aryl methyl sites for hydroxylation is 1. The van der Waals surface area contributed by atoms with E-state index in [4.69, 9.17) is 4.74 Å². The zero-order chi connectivity index (χ0) is 25.0. The van der Waals surface area contributed by atoms with Crippen molar-refractivity contribution in [2.45, 2.75) is 38.5 Å². The maximum Gasteiger partial charge on any atom is 0.416 e. The molecule has 0 spiro atoms. The summed E-state index contributed by atoms with van der Waals surface area (Å²) in [6.45, 7) is 3.39. The molecule has 1 saturated heterocycles. The van der Waals surface area contributed by atoms with Crippen molar-refractivity contribution in [3.8, 4) is 5.75 Å². The number of hydrogen-bond donors (Lipinski definition) is 0. The number of alkyl halides is 3. The molecule has 1 aliphatic heterocycles. The Morgan fingerprint density at radius 1 is 1.00 bits per heavy atom. The molecule has 3 aromatic carbocycles. The Bertz CT molecular complexity index is 1150. The summed E-state index contributed by atoms with van der Waals surface area (Å²) in [5.41, 5.74) is 2.10. The average molecular weight is 483 g/mol. The number of carbonyl (C=O) groups is 1. The topological polar surface area (TPSA) is 32.8 Å². The Kier molecular flexibility index (Phi) is 7.45. The Morgan fingerprint density at radius 2 is 1.69 bits per heavy atom. The Hall–Kier alpha value is -3.32. The summed E-state index contributed by atoms with van der Waals surface area (Å²) in [7, 11) is 1.59. The maximum atomic E-state index is 13.6. The lowest BCUT2D eigenvalue weighted by molar-refractivity contribution is -0.138. The monoisotopic (exact) mass is 482 g/mol. The summed E-state index contributed by atoms with van der Waals surface area (Å²) in [6.07, 6.45) is -3.06. The number of ether oxygens (including phenoxy) is 1. The molecule has 0 atom stereocenters. The Labute approximate surface area is 203 Å². The van der Waals surface area contributed by atoms with Gasteiger partial charge in [-0.25, -0.2) is 0 Å². The number of anilines is 1. The summed E-state index contributed by atoms with van der Waals surface area (Å²) in [5.74, 6) is 0.560. The lowest BCUT2D eigenvalue weighted by atomic mass is 9.99. The third-order valence-corrected chi connectivity index (χ3v) is 6.49. The van der Waals surface area contributed by atoms with Gasteiger partial charge in [-0.3, -0.25) is 9.69 Å². The number of hydrogen-bond acceptors (Lipinski definition) is 3. The maximum absolute atomic E-state index is 13.6. The van der Waals surface area contributed by atoms with Gasteiger partial charge in [0, 0.05) is 43.0 Å². The second-order valence-electron chi connectivity index (χ2n) is 8.90. The minimum atomic E-state index is -4.38. The van der Waals surface area contributed by atoms with Crippen LogP contribution in [0.1, 0.15) is 39.9 Å². The van der Waals surface area contributed by atoms with Gasteiger partial charge in [0.15, 0.2) is 0 Å². The third kappa shape index (κ3) is 5.85. The van der Waals surface area contributed by atoms with Gasteiger partial charge >= 0.3 is 6.18 Å². The number of carbonyl (C=O) groups excluding carboxylic acids is 1. The van der Waals surface area contributed by atoms with E-state index in [-0.39, 0.29) is 24.1 Å². The van der Waals surface area contributed by atoms with E-state index in [0.29, 0.717) is 37.2 Å². The predicted octanol–water partition coefficient (Wildman–Crippen LogP) is 6.33. The molecule has 0 unspecified atom stereocenters. The van der Waals surface area contributed by atoms with Crippen LogP contribution in [0.2, 0.25) is 0 Å². The molecule has 35 heavy (non-hydrogen) atoms. The summed E-state index contributed by atoms with van der Waals surface area (Å²) in [4.78, 5) is 17.5. The van der Waals surface area contributed by atoms with Gasteiger partial charge < -0.3 is 9.64 Å². The van der Waals surface area contributed by atoms with E-state index in [1.165, 1.54) is 6.07 Å². The molecule has 4 rings (SSSR count). The first-order valence-corrected chi connectivity index (χ1v) is 11.7. The van der Waals surface area contributed by atoms with E-state index in [1.807, 2.05) is 65.3 Å². The fourth-order valence-electron chi connectivity index (χ4n) is 4.60. The first kappa shape index (κ1) is 24.8. The lowest BCUT2D eigenvalue weighted by Crippen LogP contribution is -2.47. The fourth-order valence-corrected chi connectivity index (χ4v) is 4.60. The summed E-state index contributed by atoms with van der Waals surface area (Å²) in [6, 6.07) is 20.6. The molecule has 0 aromatic heterocycles. The van der Waals surface area contributed by atoms with Crippen LogP contribution in [-0.4, -0.2) is 37.0 Å². The van der Waals surface area contributed by atoms with Crippen molar-refractivity contribution in [1.82, 2.24) is 4.90 Å². The first-order chi connectivity index (χ1) is 16.8. The van der Waals surface area contributed by atoms with Crippen LogP contribution in [-0.2, 0) is 12.7 Å². The van der Waals surface area contributed by atoms with Crippen molar-refractivity contribution >= 4 is 11.6 Å². The summed E-state index contributed by atoms with van der Waals surface area (Å²) >= 11 is 0. The summed E-state index contributed by atoms with van der Waals surface area (Å²) < 4.78 is 45.6. The highest BCUT2D eigenvalue weighted by Crippen LogP contribution is 2.33. The van der Waals surface area contributed by atoms with Crippen molar-refractivity contribution < 1.29 is 22.7 Å². The Balaban J connectivity index is 1.54. The number of rotatable bonds is 6.